The van der Waals surface area contributed by atoms with Crippen molar-refractivity contribution in [2.45, 2.75) is 38.9 Å². The summed E-state index contributed by atoms with van der Waals surface area (Å²) < 4.78 is 1.91. The Balaban J connectivity index is 1.41. The average Bonchev–Trinajstić information content (AvgIpc) is 3.02. The molecule has 2 aromatic heterocycles. The molecule has 2 amide bonds. The second-order valence-electron chi connectivity index (χ2n) is 7.02. The molecule has 0 aromatic carbocycles. The van der Waals surface area contributed by atoms with Gasteiger partial charge in [0.15, 0.2) is 0 Å². The lowest BCUT2D eigenvalue weighted by atomic mass is 10.1. The summed E-state index contributed by atoms with van der Waals surface area (Å²) in [5, 5.41) is 9.34. The van der Waals surface area contributed by atoms with Crippen LogP contribution >= 0.6 is 11.3 Å². The number of aromatic nitrogens is 2. The van der Waals surface area contributed by atoms with Crippen molar-refractivity contribution in [1.29, 1.82) is 0 Å². The number of carbonyl (C=O) groups excluding carboxylic acids is 2. The zero-order chi connectivity index (χ0) is 17.4. The van der Waals surface area contributed by atoms with Crippen LogP contribution in [0, 0.1) is 11.8 Å². The molecule has 0 saturated heterocycles. The highest BCUT2D eigenvalue weighted by Gasteiger charge is 2.43. The van der Waals surface area contributed by atoms with Crippen molar-refractivity contribution in [1.82, 2.24) is 20.0 Å². The summed E-state index contributed by atoms with van der Waals surface area (Å²) in [5.74, 6) is 0.882. The fourth-order valence-electron chi connectivity index (χ4n) is 3.49. The number of hydrogen-bond donors (Lipinski definition) is 1. The van der Waals surface area contributed by atoms with Crippen LogP contribution in [0.15, 0.2) is 29.8 Å². The highest BCUT2D eigenvalue weighted by atomic mass is 32.1. The monoisotopic (exact) mass is 358 g/mol. The third kappa shape index (κ3) is 3.46. The molecule has 6 nitrogen and oxygen atoms in total. The van der Waals surface area contributed by atoms with Gasteiger partial charge in [0.05, 0.1) is 31.2 Å². The van der Waals surface area contributed by atoms with Crippen molar-refractivity contribution < 1.29 is 9.59 Å². The minimum absolute atomic E-state index is 0.00561. The molecule has 2 aliphatic rings. The summed E-state index contributed by atoms with van der Waals surface area (Å²) in [6, 6.07) is 5.83. The minimum atomic E-state index is -0.0971. The van der Waals surface area contributed by atoms with Gasteiger partial charge in [-0.05, 0) is 29.9 Å². The van der Waals surface area contributed by atoms with Gasteiger partial charge in [-0.3, -0.25) is 14.3 Å². The Kier molecular flexibility index (Phi) is 4.33. The maximum atomic E-state index is 12.6. The first-order valence-corrected chi connectivity index (χ1v) is 9.60. The van der Waals surface area contributed by atoms with E-state index in [0.29, 0.717) is 32.0 Å². The predicted molar refractivity (Wildman–Crippen MR) is 94.7 cm³/mol. The Morgan fingerprint density at radius 2 is 2.24 bits per heavy atom. The van der Waals surface area contributed by atoms with E-state index < -0.39 is 0 Å². The maximum absolute atomic E-state index is 12.6. The first-order valence-electron chi connectivity index (χ1n) is 8.72. The smallest absolute Gasteiger partial charge is 0.226 e. The van der Waals surface area contributed by atoms with Crippen LogP contribution in [0.25, 0.3) is 0 Å². The Hall–Kier alpha value is -2.15. The van der Waals surface area contributed by atoms with Crippen molar-refractivity contribution in [3.63, 3.8) is 0 Å². The summed E-state index contributed by atoms with van der Waals surface area (Å²) in [4.78, 5) is 28.0. The predicted octanol–water partition coefficient (Wildman–Crippen LogP) is 2.19. The molecule has 1 aliphatic carbocycles. The summed E-state index contributed by atoms with van der Waals surface area (Å²) in [5.41, 5.74) is 1.00. The SMILES string of the molecule is C[C@@H]1C[C@H]1C(=O)N1Cc2ccnn2[C@@H](CC(=O)NCc2cccs2)C1. The lowest BCUT2D eigenvalue weighted by Crippen LogP contribution is -2.43. The van der Waals surface area contributed by atoms with E-state index >= 15 is 0 Å². The van der Waals surface area contributed by atoms with E-state index in [4.69, 9.17) is 0 Å². The normalized spacial score (nSPS) is 24.7. The summed E-state index contributed by atoms with van der Waals surface area (Å²) >= 11 is 1.63. The van der Waals surface area contributed by atoms with Gasteiger partial charge in [-0.1, -0.05) is 13.0 Å². The van der Waals surface area contributed by atoms with Gasteiger partial charge in [0.25, 0.3) is 0 Å². The van der Waals surface area contributed by atoms with E-state index in [-0.39, 0.29) is 23.8 Å². The average molecular weight is 358 g/mol. The molecule has 3 heterocycles. The zero-order valence-electron chi connectivity index (χ0n) is 14.2. The van der Waals surface area contributed by atoms with Crippen molar-refractivity contribution in [3.8, 4) is 0 Å². The summed E-state index contributed by atoms with van der Waals surface area (Å²) in [6.07, 6.45) is 3.07. The molecule has 132 valence electrons. The van der Waals surface area contributed by atoms with Gasteiger partial charge in [-0.25, -0.2) is 0 Å². The van der Waals surface area contributed by atoms with Gasteiger partial charge in [-0.15, -0.1) is 11.3 Å². The standard InChI is InChI=1S/C18H22N4O2S/c1-12-7-16(12)18(24)21-10-13-4-5-20-22(13)14(11-21)8-17(23)19-9-15-3-2-6-25-15/h2-6,12,14,16H,7-11H2,1H3,(H,19,23)/t12-,14+,16-/m1/s1. The molecule has 1 saturated carbocycles. The fourth-order valence-corrected chi connectivity index (χ4v) is 4.14. The van der Waals surface area contributed by atoms with Crippen LogP contribution in [0.3, 0.4) is 0 Å². The van der Waals surface area contributed by atoms with Crippen LogP contribution in [0.1, 0.15) is 36.4 Å². The second-order valence-corrected chi connectivity index (χ2v) is 8.05. The molecule has 25 heavy (non-hydrogen) atoms. The Labute approximate surface area is 150 Å². The highest BCUT2D eigenvalue weighted by molar-refractivity contribution is 7.09. The van der Waals surface area contributed by atoms with E-state index in [9.17, 15) is 9.59 Å². The summed E-state index contributed by atoms with van der Waals surface area (Å²) in [7, 11) is 0. The largest absolute Gasteiger partial charge is 0.351 e. The lowest BCUT2D eigenvalue weighted by molar-refractivity contribution is -0.136. The molecule has 1 aliphatic heterocycles. The van der Waals surface area contributed by atoms with E-state index in [1.807, 2.05) is 33.2 Å². The van der Waals surface area contributed by atoms with Crippen LogP contribution in [-0.2, 0) is 22.7 Å². The highest BCUT2D eigenvalue weighted by Crippen LogP contribution is 2.40. The quantitative estimate of drug-likeness (QED) is 0.891. The van der Waals surface area contributed by atoms with Crippen molar-refractivity contribution in [2.24, 2.45) is 11.8 Å². The number of fused-ring (bicyclic) bond motifs is 1. The third-order valence-corrected chi connectivity index (χ3v) is 5.96. The van der Waals surface area contributed by atoms with Crippen LogP contribution in [0.2, 0.25) is 0 Å². The molecule has 4 rings (SSSR count). The number of nitrogens with zero attached hydrogens (tertiary/aromatic N) is 3. The number of amides is 2. The second kappa shape index (κ2) is 6.63. The number of carbonyl (C=O) groups is 2. The Bertz CT molecular complexity index is 770. The number of hydrogen-bond acceptors (Lipinski definition) is 4. The van der Waals surface area contributed by atoms with Crippen LogP contribution in [0.4, 0.5) is 0 Å². The molecular weight excluding hydrogens is 336 g/mol. The van der Waals surface area contributed by atoms with Gasteiger partial charge in [0.1, 0.15) is 0 Å². The van der Waals surface area contributed by atoms with E-state index in [2.05, 4.69) is 17.3 Å². The minimum Gasteiger partial charge on any atom is -0.351 e. The van der Waals surface area contributed by atoms with Crippen LogP contribution in [-0.4, -0.2) is 33.0 Å². The van der Waals surface area contributed by atoms with Crippen molar-refractivity contribution >= 4 is 23.2 Å². The molecule has 0 radical (unpaired) electrons. The van der Waals surface area contributed by atoms with Gasteiger partial charge >= 0.3 is 0 Å². The molecular formula is C18H22N4O2S. The molecule has 0 bridgehead atoms. The van der Waals surface area contributed by atoms with Crippen molar-refractivity contribution in [3.05, 3.63) is 40.3 Å². The van der Waals surface area contributed by atoms with Gasteiger partial charge < -0.3 is 10.2 Å². The molecule has 3 atom stereocenters. The van der Waals surface area contributed by atoms with E-state index in [1.165, 1.54) is 0 Å². The van der Waals surface area contributed by atoms with E-state index in [0.717, 1.165) is 17.0 Å². The Morgan fingerprint density at radius 1 is 1.40 bits per heavy atom. The van der Waals surface area contributed by atoms with Crippen LogP contribution < -0.4 is 5.32 Å². The van der Waals surface area contributed by atoms with Gasteiger partial charge in [0, 0.05) is 23.5 Å². The molecule has 0 spiro atoms. The van der Waals surface area contributed by atoms with Crippen molar-refractivity contribution in [2.75, 3.05) is 6.54 Å². The number of nitrogens with one attached hydrogen (secondary N) is 1. The molecule has 7 heteroatoms. The van der Waals surface area contributed by atoms with Gasteiger partial charge in [-0.2, -0.15) is 5.10 Å². The first kappa shape index (κ1) is 16.3. The molecule has 1 fully saturated rings. The molecule has 1 N–H and O–H groups in total. The molecule has 0 unspecified atom stereocenters. The lowest BCUT2D eigenvalue weighted by Gasteiger charge is -2.34. The topological polar surface area (TPSA) is 67.2 Å². The molecule has 2 aromatic rings. The summed E-state index contributed by atoms with van der Waals surface area (Å²) in [6.45, 7) is 3.82. The Morgan fingerprint density at radius 3 is 2.96 bits per heavy atom. The van der Waals surface area contributed by atoms with E-state index in [1.54, 1.807) is 17.5 Å². The third-order valence-electron chi connectivity index (χ3n) is 5.08. The fraction of sp³-hybridized carbons (Fsp3) is 0.500. The number of thiophene rings is 1. The first-order chi connectivity index (χ1) is 12.1. The van der Waals surface area contributed by atoms with Crippen LogP contribution in [0.5, 0.6) is 0 Å². The maximum Gasteiger partial charge on any atom is 0.226 e. The number of rotatable bonds is 5. The van der Waals surface area contributed by atoms with Gasteiger partial charge in [0.2, 0.25) is 11.8 Å². The zero-order valence-corrected chi connectivity index (χ0v) is 15.0.